The molecule has 18 heavy (non-hydrogen) atoms. The Morgan fingerprint density at radius 2 is 2.22 bits per heavy atom. The van der Waals surface area contributed by atoms with Crippen LogP contribution < -0.4 is 10.6 Å². The number of nitrogens with zero attached hydrogens (tertiary/aromatic N) is 1. The minimum atomic E-state index is -0.856. The molecule has 7 heteroatoms. The van der Waals surface area contributed by atoms with Crippen molar-refractivity contribution in [2.24, 2.45) is 5.92 Å². The van der Waals surface area contributed by atoms with E-state index in [2.05, 4.69) is 10.6 Å². The predicted molar refractivity (Wildman–Crippen MR) is 61.9 cm³/mol. The third kappa shape index (κ3) is 2.91. The number of carbonyl (C=O) groups excluding carboxylic acids is 2. The van der Waals surface area contributed by atoms with E-state index in [0.717, 1.165) is 0 Å². The highest BCUT2D eigenvalue weighted by Gasteiger charge is 2.30. The number of hydrogen-bond donors (Lipinski definition) is 3. The number of aliphatic carboxylic acids is 1. The fourth-order valence-corrected chi connectivity index (χ4v) is 2.34. The molecular formula is C11H17N3O4. The minimum absolute atomic E-state index is 0.0673. The van der Waals surface area contributed by atoms with E-state index in [-0.39, 0.29) is 24.5 Å². The van der Waals surface area contributed by atoms with Crippen LogP contribution in [0.3, 0.4) is 0 Å². The van der Waals surface area contributed by atoms with Gasteiger partial charge in [0.05, 0.1) is 12.0 Å². The molecule has 3 N–H and O–H groups in total. The van der Waals surface area contributed by atoms with Crippen molar-refractivity contribution >= 4 is 17.9 Å². The third-order valence-corrected chi connectivity index (χ3v) is 3.36. The van der Waals surface area contributed by atoms with Gasteiger partial charge in [0.2, 0.25) is 5.91 Å². The molecule has 0 bridgehead atoms. The summed E-state index contributed by atoms with van der Waals surface area (Å²) < 4.78 is 0. The maximum absolute atomic E-state index is 11.9. The number of urea groups is 1. The largest absolute Gasteiger partial charge is 0.481 e. The van der Waals surface area contributed by atoms with Crippen molar-refractivity contribution in [2.75, 3.05) is 19.6 Å². The van der Waals surface area contributed by atoms with Crippen LogP contribution in [0.2, 0.25) is 0 Å². The standard InChI is InChI=1S/C11H17N3O4/c15-9-4-8(5-12-9)13-11(18)14-3-1-2-7(6-14)10(16)17/h7-8H,1-6H2,(H,12,15)(H,13,18)(H,16,17)/t7-,8?/m0/s1. The lowest BCUT2D eigenvalue weighted by atomic mass is 9.99. The maximum Gasteiger partial charge on any atom is 0.317 e. The number of carbonyl (C=O) groups is 3. The van der Waals surface area contributed by atoms with Gasteiger partial charge in [0, 0.05) is 26.1 Å². The zero-order valence-corrected chi connectivity index (χ0v) is 10.0. The Hall–Kier alpha value is -1.79. The molecule has 100 valence electrons. The van der Waals surface area contributed by atoms with Gasteiger partial charge in [-0.05, 0) is 12.8 Å². The first-order chi connectivity index (χ1) is 8.56. The van der Waals surface area contributed by atoms with E-state index in [1.54, 1.807) is 0 Å². The van der Waals surface area contributed by atoms with Gasteiger partial charge in [0.1, 0.15) is 0 Å². The molecule has 0 radical (unpaired) electrons. The third-order valence-electron chi connectivity index (χ3n) is 3.36. The average molecular weight is 255 g/mol. The van der Waals surface area contributed by atoms with E-state index in [9.17, 15) is 14.4 Å². The lowest BCUT2D eigenvalue weighted by Gasteiger charge is -2.31. The molecule has 2 aliphatic heterocycles. The molecule has 0 saturated carbocycles. The average Bonchev–Trinajstić information content (AvgIpc) is 2.75. The van der Waals surface area contributed by atoms with Crippen LogP contribution >= 0.6 is 0 Å². The second kappa shape index (κ2) is 5.24. The van der Waals surface area contributed by atoms with Crippen LogP contribution in [0.4, 0.5) is 4.79 Å². The lowest BCUT2D eigenvalue weighted by molar-refractivity contribution is -0.143. The van der Waals surface area contributed by atoms with Gasteiger partial charge >= 0.3 is 12.0 Å². The fraction of sp³-hybridized carbons (Fsp3) is 0.727. The van der Waals surface area contributed by atoms with Crippen LogP contribution in [0.15, 0.2) is 0 Å². The predicted octanol–water partition coefficient (Wildman–Crippen LogP) is -0.619. The van der Waals surface area contributed by atoms with Crippen LogP contribution in [0.25, 0.3) is 0 Å². The topological polar surface area (TPSA) is 98.7 Å². The molecular weight excluding hydrogens is 238 g/mol. The number of carboxylic acids is 1. The zero-order chi connectivity index (χ0) is 13.1. The number of hydrogen-bond acceptors (Lipinski definition) is 3. The second-order valence-electron chi connectivity index (χ2n) is 4.78. The highest BCUT2D eigenvalue weighted by molar-refractivity contribution is 5.81. The van der Waals surface area contributed by atoms with Crippen LogP contribution in [-0.2, 0) is 9.59 Å². The monoisotopic (exact) mass is 255 g/mol. The van der Waals surface area contributed by atoms with Crippen LogP contribution in [0.5, 0.6) is 0 Å². The Morgan fingerprint density at radius 1 is 1.44 bits per heavy atom. The summed E-state index contributed by atoms with van der Waals surface area (Å²) in [5.74, 6) is -1.40. The smallest absolute Gasteiger partial charge is 0.317 e. The summed E-state index contributed by atoms with van der Waals surface area (Å²) in [6, 6.07) is -0.461. The Bertz CT molecular complexity index is 371. The molecule has 0 aromatic heterocycles. The summed E-state index contributed by atoms with van der Waals surface area (Å²) in [5, 5.41) is 14.3. The highest BCUT2D eigenvalue weighted by atomic mass is 16.4. The number of rotatable bonds is 2. The summed E-state index contributed by atoms with van der Waals surface area (Å²) in [5.41, 5.74) is 0. The molecule has 1 unspecified atom stereocenters. The van der Waals surface area contributed by atoms with Gasteiger partial charge < -0.3 is 20.6 Å². The van der Waals surface area contributed by atoms with Crippen LogP contribution in [0.1, 0.15) is 19.3 Å². The Morgan fingerprint density at radius 3 is 2.83 bits per heavy atom. The zero-order valence-electron chi connectivity index (χ0n) is 10.0. The highest BCUT2D eigenvalue weighted by Crippen LogP contribution is 2.16. The lowest BCUT2D eigenvalue weighted by Crippen LogP contribution is -2.50. The maximum atomic E-state index is 11.9. The van der Waals surface area contributed by atoms with Crippen LogP contribution in [-0.4, -0.2) is 53.6 Å². The number of amides is 3. The van der Waals surface area contributed by atoms with Gasteiger partial charge in [-0.25, -0.2) is 4.79 Å². The molecule has 3 amide bonds. The second-order valence-corrected chi connectivity index (χ2v) is 4.78. The molecule has 0 aliphatic carbocycles. The molecule has 2 aliphatic rings. The van der Waals surface area contributed by atoms with E-state index in [1.165, 1.54) is 4.90 Å². The van der Waals surface area contributed by atoms with Gasteiger partial charge in [-0.1, -0.05) is 0 Å². The van der Waals surface area contributed by atoms with E-state index in [4.69, 9.17) is 5.11 Å². The van der Waals surface area contributed by atoms with E-state index in [0.29, 0.717) is 32.4 Å². The van der Waals surface area contributed by atoms with Crippen molar-refractivity contribution in [3.05, 3.63) is 0 Å². The Balaban J connectivity index is 1.85. The molecule has 2 fully saturated rings. The summed E-state index contributed by atoms with van der Waals surface area (Å²) in [7, 11) is 0. The normalized spacial score (nSPS) is 27.8. The molecule has 2 heterocycles. The molecule has 2 rings (SSSR count). The number of piperidine rings is 1. The molecule has 7 nitrogen and oxygen atoms in total. The van der Waals surface area contributed by atoms with Gasteiger partial charge in [-0.2, -0.15) is 0 Å². The first-order valence-electron chi connectivity index (χ1n) is 6.11. The Kier molecular flexibility index (Phi) is 3.69. The number of carboxylic acid groups (broad SMARTS) is 1. The first-order valence-corrected chi connectivity index (χ1v) is 6.11. The summed E-state index contributed by atoms with van der Waals surface area (Å²) in [4.78, 5) is 35.3. The summed E-state index contributed by atoms with van der Waals surface area (Å²) in [6.07, 6.45) is 1.61. The van der Waals surface area contributed by atoms with Crippen molar-refractivity contribution < 1.29 is 19.5 Å². The molecule has 2 atom stereocenters. The molecule has 2 saturated heterocycles. The van der Waals surface area contributed by atoms with Gasteiger partial charge in [0.15, 0.2) is 0 Å². The van der Waals surface area contributed by atoms with Gasteiger partial charge in [-0.15, -0.1) is 0 Å². The molecule has 0 aromatic rings. The van der Waals surface area contributed by atoms with Gasteiger partial charge in [0.25, 0.3) is 0 Å². The Labute approximate surface area is 105 Å². The molecule has 0 aromatic carbocycles. The number of nitrogens with one attached hydrogen (secondary N) is 2. The van der Waals surface area contributed by atoms with Crippen LogP contribution in [0, 0.1) is 5.92 Å². The minimum Gasteiger partial charge on any atom is -0.481 e. The van der Waals surface area contributed by atoms with Crippen molar-refractivity contribution in [3.63, 3.8) is 0 Å². The van der Waals surface area contributed by atoms with Crippen molar-refractivity contribution in [1.29, 1.82) is 0 Å². The van der Waals surface area contributed by atoms with E-state index in [1.807, 2.05) is 0 Å². The summed E-state index contributed by atoms with van der Waals surface area (Å²) in [6.45, 7) is 1.26. The molecule has 0 spiro atoms. The van der Waals surface area contributed by atoms with Crippen molar-refractivity contribution in [2.45, 2.75) is 25.3 Å². The van der Waals surface area contributed by atoms with E-state index >= 15 is 0 Å². The van der Waals surface area contributed by atoms with Crippen molar-refractivity contribution in [3.8, 4) is 0 Å². The van der Waals surface area contributed by atoms with Gasteiger partial charge in [-0.3, -0.25) is 9.59 Å². The first kappa shape index (κ1) is 12.7. The fourth-order valence-electron chi connectivity index (χ4n) is 2.34. The quantitative estimate of drug-likeness (QED) is 0.612. The van der Waals surface area contributed by atoms with E-state index < -0.39 is 11.9 Å². The number of likely N-dealkylation sites (tertiary alicyclic amines) is 1. The summed E-state index contributed by atoms with van der Waals surface area (Å²) >= 11 is 0. The van der Waals surface area contributed by atoms with Crippen molar-refractivity contribution in [1.82, 2.24) is 15.5 Å². The SMILES string of the molecule is O=C1CC(NC(=O)N2CCC[C@H](C(=O)O)C2)CN1.